The molecule has 3 rings (SSSR count). The van der Waals surface area contributed by atoms with E-state index in [2.05, 4.69) is 15.7 Å². The molecule has 6 heteroatoms. The van der Waals surface area contributed by atoms with Crippen molar-refractivity contribution < 1.29 is 9.18 Å². The Morgan fingerprint density at radius 1 is 1.09 bits per heavy atom. The zero-order valence-corrected chi connectivity index (χ0v) is 12.3. The normalized spacial score (nSPS) is 15.5. The van der Waals surface area contributed by atoms with Crippen molar-refractivity contribution in [2.24, 2.45) is 0 Å². The zero-order chi connectivity index (χ0) is 15.4. The second-order valence-corrected chi connectivity index (χ2v) is 5.54. The summed E-state index contributed by atoms with van der Waals surface area (Å²) in [5.74, 6) is 0.354. The second kappa shape index (κ2) is 6.60. The number of amides is 2. The monoisotopic (exact) mass is 302 g/mol. The fraction of sp³-hybridized carbons (Fsp3) is 0.375. The average molecular weight is 302 g/mol. The molecule has 22 heavy (non-hydrogen) atoms. The van der Waals surface area contributed by atoms with Crippen molar-refractivity contribution in [3.63, 3.8) is 0 Å². The lowest BCUT2D eigenvalue weighted by atomic mass is 9.96. The van der Waals surface area contributed by atoms with E-state index in [1.54, 1.807) is 12.3 Å². The minimum Gasteiger partial charge on any atom is -0.308 e. The Labute approximate surface area is 128 Å². The van der Waals surface area contributed by atoms with Crippen LogP contribution in [-0.2, 0) is 0 Å². The molecule has 0 atom stereocenters. The van der Waals surface area contributed by atoms with Gasteiger partial charge in [0.25, 0.3) is 0 Å². The molecule has 0 radical (unpaired) electrons. The lowest BCUT2D eigenvalue weighted by molar-refractivity contribution is 0.261. The van der Waals surface area contributed by atoms with Gasteiger partial charge in [-0.15, -0.1) is 0 Å². The van der Waals surface area contributed by atoms with E-state index in [9.17, 15) is 9.18 Å². The number of urea groups is 1. The number of anilines is 2. The van der Waals surface area contributed by atoms with E-state index in [1.165, 1.54) is 43.5 Å². The van der Waals surface area contributed by atoms with E-state index in [0.717, 1.165) is 12.8 Å². The number of carbonyl (C=O) groups is 1. The van der Waals surface area contributed by atoms with Crippen LogP contribution >= 0.6 is 0 Å². The molecular weight excluding hydrogens is 283 g/mol. The lowest BCUT2D eigenvalue weighted by Crippen LogP contribution is -2.23. The Morgan fingerprint density at radius 2 is 1.82 bits per heavy atom. The molecule has 0 spiro atoms. The molecule has 2 N–H and O–H groups in total. The summed E-state index contributed by atoms with van der Waals surface area (Å²) in [5, 5.41) is 9.82. The van der Waals surface area contributed by atoms with Gasteiger partial charge in [0.15, 0.2) is 0 Å². The van der Waals surface area contributed by atoms with Crippen LogP contribution in [0.25, 0.3) is 0 Å². The van der Waals surface area contributed by atoms with Crippen molar-refractivity contribution >= 4 is 17.5 Å². The third-order valence-electron chi connectivity index (χ3n) is 3.93. The van der Waals surface area contributed by atoms with Gasteiger partial charge in [-0.25, -0.2) is 13.9 Å². The molecule has 116 valence electrons. The van der Waals surface area contributed by atoms with Crippen LogP contribution in [0.2, 0.25) is 0 Å². The lowest BCUT2D eigenvalue weighted by Gasteiger charge is -2.23. The van der Waals surface area contributed by atoms with Crippen LogP contribution in [0, 0.1) is 5.82 Å². The second-order valence-electron chi connectivity index (χ2n) is 5.54. The molecular formula is C16H19FN4O. The smallest absolute Gasteiger partial charge is 0.308 e. The highest BCUT2D eigenvalue weighted by Gasteiger charge is 2.19. The quantitative estimate of drug-likeness (QED) is 0.894. The van der Waals surface area contributed by atoms with E-state index in [-0.39, 0.29) is 11.8 Å². The Kier molecular flexibility index (Phi) is 4.37. The summed E-state index contributed by atoms with van der Waals surface area (Å²) in [6.45, 7) is 0. The number of nitrogens with one attached hydrogen (secondary N) is 2. The summed E-state index contributed by atoms with van der Waals surface area (Å²) in [5.41, 5.74) is 0.544. The summed E-state index contributed by atoms with van der Waals surface area (Å²) in [4.78, 5) is 12.0. The van der Waals surface area contributed by atoms with Gasteiger partial charge < -0.3 is 5.32 Å². The molecule has 1 aliphatic carbocycles. The van der Waals surface area contributed by atoms with E-state index in [4.69, 9.17) is 0 Å². The number of hydrogen-bond donors (Lipinski definition) is 2. The number of halogens is 1. The van der Waals surface area contributed by atoms with Crippen LogP contribution in [0.5, 0.6) is 0 Å². The molecule has 2 aromatic rings. The van der Waals surface area contributed by atoms with Crippen molar-refractivity contribution in [2.45, 2.75) is 38.1 Å². The summed E-state index contributed by atoms with van der Waals surface area (Å²) in [6.07, 6.45) is 7.55. The van der Waals surface area contributed by atoms with Gasteiger partial charge in [0.05, 0.1) is 12.2 Å². The highest BCUT2D eigenvalue weighted by molar-refractivity contribution is 5.99. The number of hydrogen-bond acceptors (Lipinski definition) is 2. The van der Waals surface area contributed by atoms with Crippen LogP contribution in [0.15, 0.2) is 36.5 Å². The van der Waals surface area contributed by atoms with Gasteiger partial charge in [-0.05, 0) is 37.1 Å². The minimum atomic E-state index is -0.357. The largest absolute Gasteiger partial charge is 0.324 e. The maximum Gasteiger partial charge on any atom is 0.324 e. The van der Waals surface area contributed by atoms with Gasteiger partial charge in [-0.3, -0.25) is 5.32 Å². The van der Waals surface area contributed by atoms with E-state index >= 15 is 0 Å². The third-order valence-corrected chi connectivity index (χ3v) is 3.93. The van der Waals surface area contributed by atoms with Crippen LogP contribution < -0.4 is 10.6 Å². The van der Waals surface area contributed by atoms with Gasteiger partial charge in [0.1, 0.15) is 11.6 Å². The number of carbonyl (C=O) groups excluding carboxylic acids is 1. The van der Waals surface area contributed by atoms with E-state index in [0.29, 0.717) is 17.5 Å². The van der Waals surface area contributed by atoms with Gasteiger partial charge in [0, 0.05) is 11.8 Å². The van der Waals surface area contributed by atoms with Crippen molar-refractivity contribution in [3.8, 4) is 0 Å². The standard InChI is InChI=1S/C16H19FN4O/c17-12-6-8-13(9-7-12)19-16(22)20-15-10-11-18-21(15)14-4-2-1-3-5-14/h6-11,14H,1-5H2,(H2,19,20,22). The van der Waals surface area contributed by atoms with Crippen molar-refractivity contribution in [3.05, 3.63) is 42.3 Å². The molecule has 1 aliphatic rings. The van der Waals surface area contributed by atoms with E-state index in [1.807, 2.05) is 4.68 Å². The predicted octanol–water partition coefficient (Wildman–Crippen LogP) is 4.17. The maximum absolute atomic E-state index is 12.8. The maximum atomic E-state index is 12.8. The zero-order valence-electron chi connectivity index (χ0n) is 12.3. The summed E-state index contributed by atoms with van der Waals surface area (Å²) in [7, 11) is 0. The summed E-state index contributed by atoms with van der Waals surface area (Å²) >= 11 is 0. The Hall–Kier alpha value is -2.37. The Balaban J connectivity index is 1.64. The average Bonchev–Trinajstić information content (AvgIpc) is 2.98. The molecule has 2 amide bonds. The topological polar surface area (TPSA) is 59.0 Å². The SMILES string of the molecule is O=C(Nc1ccc(F)cc1)Nc1ccnn1C1CCCCC1. The van der Waals surface area contributed by atoms with Crippen molar-refractivity contribution in [1.82, 2.24) is 9.78 Å². The molecule has 0 saturated heterocycles. The van der Waals surface area contributed by atoms with Crippen LogP contribution in [-0.4, -0.2) is 15.8 Å². The third kappa shape index (κ3) is 3.44. The molecule has 0 unspecified atom stereocenters. The number of aromatic nitrogens is 2. The van der Waals surface area contributed by atoms with Crippen LogP contribution in [0.3, 0.4) is 0 Å². The molecule has 0 aliphatic heterocycles. The first-order valence-corrected chi connectivity index (χ1v) is 7.59. The van der Waals surface area contributed by atoms with Gasteiger partial charge in [-0.1, -0.05) is 19.3 Å². The molecule has 1 aromatic heterocycles. The van der Waals surface area contributed by atoms with Gasteiger partial charge in [0.2, 0.25) is 0 Å². The molecule has 1 saturated carbocycles. The molecule has 1 fully saturated rings. The number of nitrogens with zero attached hydrogens (tertiary/aromatic N) is 2. The fourth-order valence-electron chi connectivity index (χ4n) is 2.84. The van der Waals surface area contributed by atoms with Crippen molar-refractivity contribution in [2.75, 3.05) is 10.6 Å². The van der Waals surface area contributed by atoms with Gasteiger partial charge in [-0.2, -0.15) is 5.10 Å². The number of benzene rings is 1. The van der Waals surface area contributed by atoms with Crippen LogP contribution in [0.4, 0.5) is 20.7 Å². The molecule has 1 heterocycles. The van der Waals surface area contributed by atoms with Crippen molar-refractivity contribution in [1.29, 1.82) is 0 Å². The molecule has 5 nitrogen and oxygen atoms in total. The van der Waals surface area contributed by atoms with E-state index < -0.39 is 0 Å². The van der Waals surface area contributed by atoms with Crippen LogP contribution in [0.1, 0.15) is 38.1 Å². The Morgan fingerprint density at radius 3 is 2.55 bits per heavy atom. The Bertz CT molecular complexity index is 632. The minimum absolute atomic E-state index is 0.332. The number of rotatable bonds is 3. The van der Waals surface area contributed by atoms with Gasteiger partial charge >= 0.3 is 6.03 Å². The summed E-state index contributed by atoms with van der Waals surface area (Å²) in [6, 6.07) is 7.44. The summed E-state index contributed by atoms with van der Waals surface area (Å²) < 4.78 is 14.7. The fourth-order valence-corrected chi connectivity index (χ4v) is 2.84. The highest BCUT2D eigenvalue weighted by Crippen LogP contribution is 2.29. The predicted molar refractivity (Wildman–Crippen MR) is 83.4 cm³/mol. The molecule has 1 aromatic carbocycles. The highest BCUT2D eigenvalue weighted by atomic mass is 19.1. The first kappa shape index (κ1) is 14.6. The molecule has 0 bridgehead atoms. The first-order valence-electron chi connectivity index (χ1n) is 7.59. The first-order chi connectivity index (χ1) is 10.7.